The standard InChI is InChI=1S/C19H17ClN2O2S/c20-14-5-6-16-15(9-14)21-19(24)17(25-16)10-18(23)22-8-7-12-3-1-2-4-13(12)11-22/h1-6,9,17H,7-8,10-11H2,(H,21,24). The van der Waals surface area contributed by atoms with Crippen molar-refractivity contribution in [1.29, 1.82) is 0 Å². The van der Waals surface area contributed by atoms with Crippen LogP contribution in [0.3, 0.4) is 0 Å². The number of amides is 2. The zero-order chi connectivity index (χ0) is 17.4. The van der Waals surface area contributed by atoms with Crippen molar-refractivity contribution in [2.75, 3.05) is 11.9 Å². The number of nitrogens with zero attached hydrogens (tertiary/aromatic N) is 1. The molecule has 0 aliphatic carbocycles. The van der Waals surface area contributed by atoms with Crippen LogP contribution in [0.15, 0.2) is 47.4 Å². The van der Waals surface area contributed by atoms with E-state index in [-0.39, 0.29) is 18.2 Å². The summed E-state index contributed by atoms with van der Waals surface area (Å²) in [5, 5.41) is 3.04. The first-order valence-electron chi connectivity index (χ1n) is 8.22. The lowest BCUT2D eigenvalue weighted by atomic mass is 9.99. The van der Waals surface area contributed by atoms with Crippen LogP contribution in [0.4, 0.5) is 5.69 Å². The monoisotopic (exact) mass is 372 g/mol. The first-order chi connectivity index (χ1) is 12.1. The van der Waals surface area contributed by atoms with E-state index in [1.165, 1.54) is 22.9 Å². The summed E-state index contributed by atoms with van der Waals surface area (Å²) in [7, 11) is 0. The minimum atomic E-state index is -0.404. The van der Waals surface area contributed by atoms with Gasteiger partial charge in [0.25, 0.3) is 0 Å². The third-order valence-corrected chi connectivity index (χ3v) is 6.11. The van der Waals surface area contributed by atoms with Crippen LogP contribution in [0, 0.1) is 0 Å². The Kier molecular flexibility index (Phi) is 4.44. The Labute approximate surface area is 155 Å². The first-order valence-corrected chi connectivity index (χ1v) is 9.47. The fourth-order valence-corrected chi connectivity index (χ4v) is 4.51. The Morgan fingerprint density at radius 2 is 2.04 bits per heavy atom. The smallest absolute Gasteiger partial charge is 0.238 e. The van der Waals surface area contributed by atoms with Crippen LogP contribution in [-0.4, -0.2) is 28.5 Å². The molecule has 1 N–H and O–H groups in total. The van der Waals surface area contributed by atoms with Gasteiger partial charge in [-0.15, -0.1) is 11.8 Å². The summed E-state index contributed by atoms with van der Waals surface area (Å²) in [6.45, 7) is 1.33. The van der Waals surface area contributed by atoms with Crippen LogP contribution in [0.25, 0.3) is 0 Å². The lowest BCUT2D eigenvalue weighted by Crippen LogP contribution is -2.40. The quantitative estimate of drug-likeness (QED) is 0.873. The van der Waals surface area contributed by atoms with Gasteiger partial charge >= 0.3 is 0 Å². The molecule has 0 aromatic heterocycles. The molecular weight excluding hydrogens is 356 g/mol. The average molecular weight is 373 g/mol. The minimum absolute atomic E-state index is 0.0274. The zero-order valence-electron chi connectivity index (χ0n) is 13.5. The van der Waals surface area contributed by atoms with E-state index in [9.17, 15) is 9.59 Å². The lowest BCUT2D eigenvalue weighted by Gasteiger charge is -2.31. The van der Waals surface area contributed by atoms with Gasteiger partial charge in [0.2, 0.25) is 11.8 Å². The van der Waals surface area contributed by atoms with Crippen molar-refractivity contribution in [2.45, 2.75) is 29.5 Å². The number of halogens is 1. The van der Waals surface area contributed by atoms with E-state index in [1.807, 2.05) is 23.1 Å². The molecule has 1 atom stereocenters. The number of thioether (sulfide) groups is 1. The summed E-state index contributed by atoms with van der Waals surface area (Å²) in [4.78, 5) is 27.8. The number of anilines is 1. The van der Waals surface area contributed by atoms with Crippen molar-refractivity contribution < 1.29 is 9.59 Å². The molecule has 2 aromatic carbocycles. The van der Waals surface area contributed by atoms with Crippen LogP contribution < -0.4 is 5.32 Å². The highest BCUT2D eigenvalue weighted by Crippen LogP contribution is 2.38. The number of hydrogen-bond acceptors (Lipinski definition) is 3. The Bertz CT molecular complexity index is 855. The summed E-state index contributed by atoms with van der Waals surface area (Å²) < 4.78 is 0. The number of carbonyl (C=O) groups excluding carboxylic acids is 2. The zero-order valence-corrected chi connectivity index (χ0v) is 15.1. The highest BCUT2D eigenvalue weighted by molar-refractivity contribution is 8.01. The van der Waals surface area contributed by atoms with Gasteiger partial charge in [-0.2, -0.15) is 0 Å². The third kappa shape index (κ3) is 3.39. The Morgan fingerprint density at radius 3 is 2.88 bits per heavy atom. The topological polar surface area (TPSA) is 49.4 Å². The maximum Gasteiger partial charge on any atom is 0.238 e. The van der Waals surface area contributed by atoms with Gasteiger partial charge in [-0.3, -0.25) is 9.59 Å². The van der Waals surface area contributed by atoms with Crippen molar-refractivity contribution in [3.63, 3.8) is 0 Å². The second-order valence-corrected chi connectivity index (χ2v) is 7.96. The summed E-state index contributed by atoms with van der Waals surface area (Å²) in [6, 6.07) is 13.6. The average Bonchev–Trinajstić information content (AvgIpc) is 2.62. The van der Waals surface area contributed by atoms with Crippen molar-refractivity contribution in [2.24, 2.45) is 0 Å². The molecule has 1 unspecified atom stereocenters. The third-order valence-electron chi connectivity index (χ3n) is 4.60. The van der Waals surface area contributed by atoms with E-state index in [0.717, 1.165) is 17.0 Å². The molecule has 0 radical (unpaired) electrons. The number of rotatable bonds is 2. The Morgan fingerprint density at radius 1 is 1.24 bits per heavy atom. The minimum Gasteiger partial charge on any atom is -0.338 e. The van der Waals surface area contributed by atoms with Crippen LogP contribution in [0.1, 0.15) is 17.5 Å². The van der Waals surface area contributed by atoms with E-state index in [0.29, 0.717) is 18.1 Å². The van der Waals surface area contributed by atoms with Gasteiger partial charge in [0, 0.05) is 29.4 Å². The number of carbonyl (C=O) groups is 2. The molecule has 2 amide bonds. The SMILES string of the molecule is O=C1Nc2cc(Cl)ccc2SC1CC(=O)N1CCc2ccccc2C1. The molecule has 25 heavy (non-hydrogen) atoms. The van der Waals surface area contributed by atoms with Gasteiger partial charge < -0.3 is 10.2 Å². The highest BCUT2D eigenvalue weighted by atomic mass is 35.5. The Balaban J connectivity index is 1.45. The van der Waals surface area contributed by atoms with E-state index < -0.39 is 5.25 Å². The van der Waals surface area contributed by atoms with Gasteiger partial charge in [-0.05, 0) is 35.7 Å². The van der Waals surface area contributed by atoms with Gasteiger partial charge in [0.05, 0.1) is 10.9 Å². The molecule has 2 aliphatic heterocycles. The summed E-state index contributed by atoms with van der Waals surface area (Å²) in [6.07, 6.45) is 1.08. The van der Waals surface area contributed by atoms with Crippen LogP contribution in [0.5, 0.6) is 0 Å². The molecule has 6 heteroatoms. The predicted octanol–water partition coefficient (Wildman–Crippen LogP) is 3.73. The number of fused-ring (bicyclic) bond motifs is 2. The van der Waals surface area contributed by atoms with Gasteiger partial charge in [-0.25, -0.2) is 0 Å². The van der Waals surface area contributed by atoms with Crippen LogP contribution in [-0.2, 0) is 22.6 Å². The largest absolute Gasteiger partial charge is 0.338 e. The van der Waals surface area contributed by atoms with E-state index >= 15 is 0 Å². The molecule has 128 valence electrons. The maximum atomic E-state index is 12.7. The van der Waals surface area contributed by atoms with Crippen molar-refractivity contribution in [1.82, 2.24) is 4.90 Å². The van der Waals surface area contributed by atoms with Crippen LogP contribution >= 0.6 is 23.4 Å². The summed E-state index contributed by atoms with van der Waals surface area (Å²) >= 11 is 7.40. The molecule has 0 bridgehead atoms. The van der Waals surface area contributed by atoms with E-state index in [2.05, 4.69) is 17.4 Å². The number of benzene rings is 2. The first kappa shape index (κ1) is 16.5. The van der Waals surface area contributed by atoms with Crippen molar-refractivity contribution >= 4 is 40.9 Å². The number of hydrogen-bond donors (Lipinski definition) is 1. The molecule has 0 saturated carbocycles. The molecule has 0 spiro atoms. The van der Waals surface area contributed by atoms with Gasteiger partial charge in [-0.1, -0.05) is 35.9 Å². The molecule has 2 aromatic rings. The van der Waals surface area contributed by atoms with E-state index in [1.54, 1.807) is 12.1 Å². The van der Waals surface area contributed by atoms with Crippen LogP contribution in [0.2, 0.25) is 5.02 Å². The predicted molar refractivity (Wildman–Crippen MR) is 99.9 cm³/mol. The van der Waals surface area contributed by atoms with Crippen molar-refractivity contribution in [3.8, 4) is 0 Å². The molecule has 2 aliphatic rings. The summed E-state index contributed by atoms with van der Waals surface area (Å²) in [5.41, 5.74) is 3.23. The maximum absolute atomic E-state index is 12.7. The van der Waals surface area contributed by atoms with E-state index in [4.69, 9.17) is 11.6 Å². The molecular formula is C19H17ClN2O2S. The molecule has 4 nitrogen and oxygen atoms in total. The molecule has 0 saturated heterocycles. The second kappa shape index (κ2) is 6.73. The van der Waals surface area contributed by atoms with Gasteiger partial charge in [0.15, 0.2) is 0 Å². The fourth-order valence-electron chi connectivity index (χ4n) is 3.25. The lowest BCUT2D eigenvalue weighted by molar-refractivity contribution is -0.133. The molecule has 4 rings (SSSR count). The fraction of sp³-hybridized carbons (Fsp3) is 0.263. The highest BCUT2D eigenvalue weighted by Gasteiger charge is 2.31. The molecule has 0 fully saturated rings. The second-order valence-electron chi connectivity index (χ2n) is 6.27. The number of nitrogens with one attached hydrogen (secondary N) is 1. The van der Waals surface area contributed by atoms with Crippen molar-refractivity contribution in [3.05, 3.63) is 58.6 Å². The summed E-state index contributed by atoms with van der Waals surface area (Å²) in [5.74, 6) is -0.106. The van der Waals surface area contributed by atoms with Gasteiger partial charge in [0.1, 0.15) is 0 Å². The normalized spacial score (nSPS) is 19.0. The molecule has 2 heterocycles. The Hall–Kier alpha value is -1.98.